The van der Waals surface area contributed by atoms with Gasteiger partial charge in [0.1, 0.15) is 6.04 Å². The van der Waals surface area contributed by atoms with Crippen molar-refractivity contribution in [2.75, 3.05) is 0 Å². The molecule has 4 nitrogen and oxygen atoms in total. The van der Waals surface area contributed by atoms with Gasteiger partial charge in [0, 0.05) is 18.5 Å². The molecule has 0 fully saturated rings. The maximum absolute atomic E-state index is 13.0. The third-order valence-corrected chi connectivity index (χ3v) is 4.79. The lowest BCUT2D eigenvalue weighted by atomic mass is 9.93. The molecule has 0 radical (unpaired) electrons. The van der Waals surface area contributed by atoms with E-state index in [2.05, 4.69) is 0 Å². The van der Waals surface area contributed by atoms with Crippen LogP contribution in [-0.4, -0.2) is 27.9 Å². The van der Waals surface area contributed by atoms with Crippen LogP contribution in [0.25, 0.3) is 10.8 Å². The summed E-state index contributed by atoms with van der Waals surface area (Å²) in [6.07, 6.45) is 0.338. The van der Waals surface area contributed by atoms with E-state index in [4.69, 9.17) is 0 Å². The average molecular weight is 331 g/mol. The first-order chi connectivity index (χ1) is 12.1. The fourth-order valence-electron chi connectivity index (χ4n) is 3.45. The van der Waals surface area contributed by atoms with Crippen LogP contribution in [-0.2, 0) is 17.8 Å². The molecule has 0 spiro atoms. The summed E-state index contributed by atoms with van der Waals surface area (Å²) in [4.78, 5) is 26.2. The molecule has 0 bridgehead atoms. The van der Waals surface area contributed by atoms with E-state index in [1.54, 1.807) is 6.07 Å². The average Bonchev–Trinajstić information content (AvgIpc) is 2.66. The molecule has 124 valence electrons. The van der Waals surface area contributed by atoms with Gasteiger partial charge in [-0.15, -0.1) is 0 Å². The molecule has 0 saturated heterocycles. The molecule has 1 N–H and O–H groups in total. The van der Waals surface area contributed by atoms with Crippen molar-refractivity contribution in [2.45, 2.75) is 19.0 Å². The summed E-state index contributed by atoms with van der Waals surface area (Å²) in [5.41, 5.74) is 2.52. The number of hydrogen-bond acceptors (Lipinski definition) is 2. The van der Waals surface area contributed by atoms with E-state index in [9.17, 15) is 14.7 Å². The van der Waals surface area contributed by atoms with E-state index in [0.29, 0.717) is 18.5 Å². The Bertz CT molecular complexity index is 980. The number of hydrogen-bond donors (Lipinski definition) is 1. The van der Waals surface area contributed by atoms with Gasteiger partial charge in [-0.3, -0.25) is 4.79 Å². The Hall–Kier alpha value is -3.14. The smallest absolute Gasteiger partial charge is 0.326 e. The number of rotatable bonds is 2. The first-order valence-electron chi connectivity index (χ1n) is 8.23. The molecule has 0 aromatic heterocycles. The minimum Gasteiger partial charge on any atom is -0.480 e. The summed E-state index contributed by atoms with van der Waals surface area (Å²) >= 11 is 0. The summed E-state index contributed by atoms with van der Waals surface area (Å²) < 4.78 is 0. The van der Waals surface area contributed by atoms with E-state index >= 15 is 0 Å². The Morgan fingerprint density at radius 1 is 0.880 bits per heavy atom. The Labute approximate surface area is 145 Å². The Morgan fingerprint density at radius 2 is 1.56 bits per heavy atom. The number of aliphatic carboxylic acids is 1. The first kappa shape index (κ1) is 15.4. The molecule has 0 aliphatic carbocycles. The summed E-state index contributed by atoms with van der Waals surface area (Å²) in [6, 6.07) is 20.2. The molecule has 3 aromatic carbocycles. The highest BCUT2D eigenvalue weighted by atomic mass is 16.4. The highest BCUT2D eigenvalue weighted by Gasteiger charge is 2.34. The highest BCUT2D eigenvalue weighted by molar-refractivity contribution is 6.00. The van der Waals surface area contributed by atoms with E-state index in [1.807, 2.05) is 60.7 Å². The lowest BCUT2D eigenvalue weighted by molar-refractivity contribution is -0.142. The predicted octanol–water partition coefficient (Wildman–Crippen LogP) is 3.49. The lowest BCUT2D eigenvalue weighted by Crippen LogP contribution is -2.48. The van der Waals surface area contributed by atoms with Crippen molar-refractivity contribution in [1.29, 1.82) is 0 Å². The van der Waals surface area contributed by atoms with Gasteiger partial charge in [0.05, 0.1) is 0 Å². The van der Waals surface area contributed by atoms with Crippen LogP contribution in [0.3, 0.4) is 0 Å². The molecule has 1 aliphatic rings. The molecule has 3 aromatic rings. The van der Waals surface area contributed by atoms with E-state index < -0.39 is 12.0 Å². The van der Waals surface area contributed by atoms with Crippen LogP contribution in [0.2, 0.25) is 0 Å². The summed E-state index contributed by atoms with van der Waals surface area (Å²) in [7, 11) is 0. The van der Waals surface area contributed by atoms with Crippen LogP contribution in [0, 0.1) is 0 Å². The molecule has 0 saturated carbocycles. The fraction of sp³-hybridized carbons (Fsp3) is 0.143. The second-order valence-corrected chi connectivity index (χ2v) is 6.32. The zero-order valence-electron chi connectivity index (χ0n) is 13.6. The summed E-state index contributed by atoms with van der Waals surface area (Å²) in [5.74, 6) is -1.21. The van der Waals surface area contributed by atoms with E-state index in [1.165, 1.54) is 4.90 Å². The van der Waals surface area contributed by atoms with Crippen molar-refractivity contribution in [2.24, 2.45) is 0 Å². The number of carbonyl (C=O) groups excluding carboxylic acids is 1. The van der Waals surface area contributed by atoms with Crippen LogP contribution in [0.15, 0.2) is 66.7 Å². The zero-order chi connectivity index (χ0) is 17.4. The highest BCUT2D eigenvalue weighted by Crippen LogP contribution is 2.26. The summed E-state index contributed by atoms with van der Waals surface area (Å²) in [5, 5.41) is 11.6. The molecule has 4 heteroatoms. The van der Waals surface area contributed by atoms with Gasteiger partial charge in [0.2, 0.25) is 0 Å². The van der Waals surface area contributed by atoms with Crippen molar-refractivity contribution >= 4 is 22.6 Å². The van der Waals surface area contributed by atoms with Crippen LogP contribution in [0.1, 0.15) is 21.5 Å². The Morgan fingerprint density at radius 3 is 2.32 bits per heavy atom. The normalized spacial score (nSPS) is 16.5. The van der Waals surface area contributed by atoms with Gasteiger partial charge in [0.15, 0.2) is 0 Å². The molecule has 1 atom stereocenters. The molecular formula is C21H17NO3. The van der Waals surface area contributed by atoms with E-state index in [0.717, 1.165) is 21.9 Å². The van der Waals surface area contributed by atoms with Gasteiger partial charge in [-0.25, -0.2) is 4.79 Å². The third kappa shape index (κ3) is 2.76. The zero-order valence-corrected chi connectivity index (χ0v) is 13.6. The largest absolute Gasteiger partial charge is 0.480 e. The number of amides is 1. The van der Waals surface area contributed by atoms with Gasteiger partial charge < -0.3 is 10.0 Å². The number of carboxylic acid groups (broad SMARTS) is 1. The topological polar surface area (TPSA) is 57.6 Å². The number of nitrogens with zero attached hydrogens (tertiary/aromatic N) is 1. The van der Waals surface area contributed by atoms with E-state index in [-0.39, 0.29) is 5.91 Å². The minimum absolute atomic E-state index is 0.243. The van der Waals surface area contributed by atoms with Gasteiger partial charge in [0.25, 0.3) is 5.91 Å². The number of carbonyl (C=O) groups is 2. The Balaban J connectivity index is 1.72. The molecule has 1 aliphatic heterocycles. The van der Waals surface area contributed by atoms with Gasteiger partial charge in [-0.1, -0.05) is 54.6 Å². The Kier molecular flexibility index (Phi) is 3.73. The number of benzene rings is 3. The minimum atomic E-state index is -0.969. The van der Waals surface area contributed by atoms with Crippen molar-refractivity contribution in [1.82, 2.24) is 4.90 Å². The van der Waals surface area contributed by atoms with Gasteiger partial charge in [-0.2, -0.15) is 0 Å². The first-order valence-corrected chi connectivity index (χ1v) is 8.23. The lowest BCUT2D eigenvalue weighted by Gasteiger charge is -2.34. The number of carboxylic acids is 1. The second-order valence-electron chi connectivity index (χ2n) is 6.32. The SMILES string of the molecule is O=C(O)C1Cc2ccccc2CN1C(=O)c1ccc2ccccc2c1. The van der Waals surface area contributed by atoms with Crippen LogP contribution in [0.4, 0.5) is 0 Å². The van der Waals surface area contributed by atoms with Gasteiger partial charge >= 0.3 is 5.97 Å². The van der Waals surface area contributed by atoms with Crippen molar-refractivity contribution in [3.05, 3.63) is 83.4 Å². The maximum Gasteiger partial charge on any atom is 0.326 e. The molecule has 1 amide bonds. The van der Waals surface area contributed by atoms with Crippen LogP contribution < -0.4 is 0 Å². The molecule has 1 unspecified atom stereocenters. The van der Waals surface area contributed by atoms with Crippen molar-refractivity contribution in [3.8, 4) is 0 Å². The molecule has 25 heavy (non-hydrogen) atoms. The van der Waals surface area contributed by atoms with Gasteiger partial charge in [-0.05, 0) is 34.0 Å². The standard InChI is InChI=1S/C21H17NO3/c23-20(17-10-9-14-5-1-2-6-15(14)11-17)22-13-18-8-4-3-7-16(18)12-19(22)21(24)25/h1-11,19H,12-13H2,(H,24,25). The van der Waals surface area contributed by atoms with Crippen molar-refractivity contribution < 1.29 is 14.7 Å². The van der Waals surface area contributed by atoms with Crippen LogP contribution >= 0.6 is 0 Å². The van der Waals surface area contributed by atoms with Crippen molar-refractivity contribution in [3.63, 3.8) is 0 Å². The summed E-state index contributed by atoms with van der Waals surface area (Å²) in [6.45, 7) is 0.318. The second kappa shape index (κ2) is 6.06. The molecule has 1 heterocycles. The predicted molar refractivity (Wildman–Crippen MR) is 95.4 cm³/mol. The maximum atomic E-state index is 13.0. The quantitative estimate of drug-likeness (QED) is 0.782. The monoisotopic (exact) mass is 331 g/mol. The fourth-order valence-corrected chi connectivity index (χ4v) is 3.45. The van der Waals surface area contributed by atoms with Crippen LogP contribution in [0.5, 0.6) is 0 Å². The molecule has 4 rings (SSSR count). The third-order valence-electron chi connectivity index (χ3n) is 4.79. The molecular weight excluding hydrogens is 314 g/mol. The number of fused-ring (bicyclic) bond motifs is 2.